The Morgan fingerprint density at radius 2 is 1.50 bits per heavy atom. The number of ether oxygens (including phenoxy) is 1. The van der Waals surface area contributed by atoms with Gasteiger partial charge in [-0.1, -0.05) is 24.3 Å². The molecular formula is C20H14FNO4. The first-order valence-electron chi connectivity index (χ1n) is 7.71. The van der Waals surface area contributed by atoms with Crippen molar-refractivity contribution in [3.05, 3.63) is 89.7 Å². The van der Waals surface area contributed by atoms with Crippen LogP contribution in [0.5, 0.6) is 11.5 Å². The second-order valence-electron chi connectivity index (χ2n) is 5.36. The first kappa shape index (κ1) is 17.2. The SMILES string of the molecule is O=C(Nc1cccc(F)c1C(=O)O)c1ccc(Oc2ccccc2)cc1. The summed E-state index contributed by atoms with van der Waals surface area (Å²) in [6.07, 6.45) is 0. The minimum Gasteiger partial charge on any atom is -0.478 e. The molecule has 5 nitrogen and oxygen atoms in total. The summed E-state index contributed by atoms with van der Waals surface area (Å²) in [5, 5.41) is 11.5. The van der Waals surface area contributed by atoms with Crippen molar-refractivity contribution in [3.63, 3.8) is 0 Å². The van der Waals surface area contributed by atoms with Gasteiger partial charge < -0.3 is 15.2 Å². The molecule has 0 unspecified atom stereocenters. The third-order valence-electron chi connectivity index (χ3n) is 3.57. The zero-order chi connectivity index (χ0) is 18.5. The van der Waals surface area contributed by atoms with Crippen molar-refractivity contribution in [1.82, 2.24) is 0 Å². The summed E-state index contributed by atoms with van der Waals surface area (Å²) in [6.45, 7) is 0. The number of para-hydroxylation sites is 1. The number of aromatic carboxylic acids is 1. The molecule has 6 heteroatoms. The maximum Gasteiger partial charge on any atom is 0.340 e. The minimum atomic E-state index is -1.45. The highest BCUT2D eigenvalue weighted by molar-refractivity contribution is 6.07. The molecule has 0 fully saturated rings. The van der Waals surface area contributed by atoms with Crippen LogP contribution in [0.15, 0.2) is 72.8 Å². The predicted molar refractivity (Wildman–Crippen MR) is 94.3 cm³/mol. The zero-order valence-corrected chi connectivity index (χ0v) is 13.5. The molecule has 3 rings (SSSR count). The highest BCUT2D eigenvalue weighted by atomic mass is 19.1. The van der Waals surface area contributed by atoms with E-state index < -0.39 is 23.3 Å². The number of rotatable bonds is 5. The van der Waals surface area contributed by atoms with E-state index in [2.05, 4.69) is 5.32 Å². The first-order valence-corrected chi connectivity index (χ1v) is 7.71. The number of nitrogens with one attached hydrogen (secondary N) is 1. The molecule has 26 heavy (non-hydrogen) atoms. The molecule has 0 saturated heterocycles. The second-order valence-corrected chi connectivity index (χ2v) is 5.36. The van der Waals surface area contributed by atoms with Crippen molar-refractivity contribution in [3.8, 4) is 11.5 Å². The Labute approximate surface area is 148 Å². The van der Waals surface area contributed by atoms with Crippen LogP contribution >= 0.6 is 0 Å². The predicted octanol–water partition coefficient (Wildman–Crippen LogP) is 4.57. The van der Waals surface area contributed by atoms with Gasteiger partial charge in [0.25, 0.3) is 5.91 Å². The van der Waals surface area contributed by atoms with Gasteiger partial charge in [0.1, 0.15) is 22.9 Å². The van der Waals surface area contributed by atoms with E-state index in [9.17, 15) is 14.0 Å². The van der Waals surface area contributed by atoms with Crippen LogP contribution in [0.2, 0.25) is 0 Å². The zero-order valence-electron chi connectivity index (χ0n) is 13.5. The van der Waals surface area contributed by atoms with E-state index in [1.54, 1.807) is 24.3 Å². The van der Waals surface area contributed by atoms with E-state index >= 15 is 0 Å². The van der Waals surface area contributed by atoms with Gasteiger partial charge in [-0.3, -0.25) is 4.79 Å². The van der Waals surface area contributed by atoms with E-state index in [-0.39, 0.29) is 11.3 Å². The summed E-state index contributed by atoms with van der Waals surface area (Å²) in [5.41, 5.74) is -0.400. The van der Waals surface area contributed by atoms with E-state index in [1.165, 1.54) is 24.3 Å². The topological polar surface area (TPSA) is 75.6 Å². The van der Waals surface area contributed by atoms with Gasteiger partial charge in [0, 0.05) is 5.56 Å². The molecule has 0 heterocycles. The number of hydrogen-bond acceptors (Lipinski definition) is 3. The number of hydrogen-bond donors (Lipinski definition) is 2. The number of benzene rings is 3. The second kappa shape index (κ2) is 7.48. The van der Waals surface area contributed by atoms with Gasteiger partial charge in [-0.25, -0.2) is 9.18 Å². The molecule has 2 N–H and O–H groups in total. The Morgan fingerprint density at radius 3 is 2.15 bits per heavy atom. The van der Waals surface area contributed by atoms with Gasteiger partial charge >= 0.3 is 5.97 Å². The Balaban J connectivity index is 1.75. The van der Waals surface area contributed by atoms with E-state index in [0.29, 0.717) is 11.5 Å². The number of amides is 1. The van der Waals surface area contributed by atoms with Gasteiger partial charge in [0.15, 0.2) is 0 Å². The molecule has 3 aromatic rings. The summed E-state index contributed by atoms with van der Waals surface area (Å²) in [4.78, 5) is 23.5. The molecule has 0 aliphatic rings. The molecule has 0 spiro atoms. The first-order chi connectivity index (χ1) is 12.5. The monoisotopic (exact) mass is 351 g/mol. The van der Waals surface area contributed by atoms with Crippen molar-refractivity contribution >= 4 is 17.6 Å². The highest BCUT2D eigenvalue weighted by Gasteiger charge is 2.17. The summed E-state index contributed by atoms with van der Waals surface area (Å²) in [6, 6.07) is 19.2. The summed E-state index contributed by atoms with van der Waals surface area (Å²) < 4.78 is 19.3. The van der Waals surface area contributed by atoms with Crippen molar-refractivity contribution in [2.24, 2.45) is 0 Å². The lowest BCUT2D eigenvalue weighted by atomic mass is 10.1. The molecule has 0 atom stereocenters. The number of anilines is 1. The minimum absolute atomic E-state index is 0.105. The highest BCUT2D eigenvalue weighted by Crippen LogP contribution is 2.23. The van der Waals surface area contributed by atoms with Crippen LogP contribution in [0.3, 0.4) is 0 Å². The smallest absolute Gasteiger partial charge is 0.340 e. The van der Waals surface area contributed by atoms with Gasteiger partial charge in [-0.15, -0.1) is 0 Å². The van der Waals surface area contributed by atoms with Crippen molar-refractivity contribution in [2.45, 2.75) is 0 Å². The van der Waals surface area contributed by atoms with E-state index in [0.717, 1.165) is 6.07 Å². The van der Waals surface area contributed by atoms with Crippen LogP contribution in [-0.4, -0.2) is 17.0 Å². The average molecular weight is 351 g/mol. The molecule has 0 aliphatic carbocycles. The third-order valence-corrected chi connectivity index (χ3v) is 3.57. The molecular weight excluding hydrogens is 337 g/mol. The summed E-state index contributed by atoms with van der Waals surface area (Å²) >= 11 is 0. The summed E-state index contributed by atoms with van der Waals surface area (Å²) in [5.74, 6) is -1.71. The largest absolute Gasteiger partial charge is 0.478 e. The molecule has 3 aromatic carbocycles. The third kappa shape index (κ3) is 3.87. The van der Waals surface area contributed by atoms with Crippen molar-refractivity contribution in [1.29, 1.82) is 0 Å². The quantitative estimate of drug-likeness (QED) is 0.706. The summed E-state index contributed by atoms with van der Waals surface area (Å²) in [7, 11) is 0. The van der Waals surface area contributed by atoms with Crippen LogP contribution in [0.25, 0.3) is 0 Å². The lowest BCUT2D eigenvalue weighted by molar-refractivity contribution is 0.0693. The Bertz CT molecular complexity index is 940. The fourth-order valence-electron chi connectivity index (χ4n) is 2.34. The van der Waals surface area contributed by atoms with E-state index in [4.69, 9.17) is 9.84 Å². The normalized spacial score (nSPS) is 10.2. The van der Waals surface area contributed by atoms with Crippen molar-refractivity contribution in [2.75, 3.05) is 5.32 Å². The lowest BCUT2D eigenvalue weighted by Crippen LogP contribution is -2.15. The Morgan fingerprint density at radius 1 is 0.846 bits per heavy atom. The molecule has 0 radical (unpaired) electrons. The van der Waals surface area contributed by atoms with Crippen LogP contribution < -0.4 is 10.1 Å². The Hall–Kier alpha value is -3.67. The van der Waals surface area contributed by atoms with Crippen LogP contribution in [0.1, 0.15) is 20.7 Å². The van der Waals surface area contributed by atoms with Crippen molar-refractivity contribution < 1.29 is 23.8 Å². The van der Waals surface area contributed by atoms with Crippen LogP contribution in [-0.2, 0) is 0 Å². The maximum atomic E-state index is 13.7. The number of carboxylic acids is 1. The Kier molecular flexibility index (Phi) is 4.94. The molecule has 1 amide bonds. The number of halogens is 1. The fraction of sp³-hybridized carbons (Fsp3) is 0. The van der Waals surface area contributed by atoms with Gasteiger partial charge in [0.2, 0.25) is 0 Å². The standard InChI is InChI=1S/C20H14FNO4/c21-16-7-4-8-17(18(16)20(24)25)22-19(23)13-9-11-15(12-10-13)26-14-5-2-1-3-6-14/h1-12H,(H,22,23)(H,24,25). The molecule has 130 valence electrons. The lowest BCUT2D eigenvalue weighted by Gasteiger charge is -2.10. The molecule has 0 aliphatic heterocycles. The van der Waals surface area contributed by atoms with E-state index in [1.807, 2.05) is 18.2 Å². The van der Waals surface area contributed by atoms with Crippen LogP contribution in [0, 0.1) is 5.82 Å². The average Bonchev–Trinajstić information content (AvgIpc) is 2.63. The number of carbonyl (C=O) groups is 2. The number of carbonyl (C=O) groups excluding carboxylic acids is 1. The van der Waals surface area contributed by atoms with Crippen LogP contribution in [0.4, 0.5) is 10.1 Å². The molecule has 0 bridgehead atoms. The fourth-order valence-corrected chi connectivity index (χ4v) is 2.34. The molecule has 0 aromatic heterocycles. The van der Waals surface area contributed by atoms with Gasteiger partial charge in [0.05, 0.1) is 5.69 Å². The molecule has 0 saturated carbocycles. The maximum absolute atomic E-state index is 13.7. The van der Waals surface area contributed by atoms with Gasteiger partial charge in [-0.2, -0.15) is 0 Å². The number of carboxylic acid groups (broad SMARTS) is 1. The van der Waals surface area contributed by atoms with Gasteiger partial charge in [-0.05, 0) is 48.5 Å².